The Morgan fingerprint density at radius 2 is 1.75 bits per heavy atom. The number of aromatic nitrogens is 1. The largest absolute Gasteiger partial charge is 0.236 e. The van der Waals surface area contributed by atoms with Crippen LogP contribution < -0.4 is 0 Å². The third kappa shape index (κ3) is 2.76. The highest BCUT2D eigenvalue weighted by Crippen LogP contribution is 2.36. The molecule has 3 rings (SSSR count). The molecule has 0 saturated carbocycles. The maximum absolute atomic E-state index is 6.33. The summed E-state index contributed by atoms with van der Waals surface area (Å²) in [6.45, 7) is 0. The summed E-state index contributed by atoms with van der Waals surface area (Å²) in [6.07, 6.45) is 0. The van der Waals surface area contributed by atoms with E-state index in [1.165, 1.54) is 0 Å². The lowest BCUT2D eigenvalue weighted by molar-refractivity contribution is 1.15. The van der Waals surface area contributed by atoms with Crippen LogP contribution in [0.3, 0.4) is 0 Å². The van der Waals surface area contributed by atoms with Crippen LogP contribution in [0.4, 0.5) is 0 Å². The molecular formula is C16H10Br2ClN. The van der Waals surface area contributed by atoms with E-state index in [1.807, 2.05) is 36.4 Å². The molecule has 1 unspecified atom stereocenters. The van der Waals surface area contributed by atoms with E-state index in [2.05, 4.69) is 55.0 Å². The van der Waals surface area contributed by atoms with Crippen molar-refractivity contribution < 1.29 is 0 Å². The first-order chi connectivity index (χ1) is 9.65. The van der Waals surface area contributed by atoms with Gasteiger partial charge in [0.25, 0.3) is 0 Å². The van der Waals surface area contributed by atoms with Gasteiger partial charge in [0.05, 0.1) is 10.3 Å². The molecule has 0 aliphatic heterocycles. The van der Waals surface area contributed by atoms with E-state index in [9.17, 15) is 0 Å². The van der Waals surface area contributed by atoms with Crippen LogP contribution in [0, 0.1) is 0 Å². The van der Waals surface area contributed by atoms with Gasteiger partial charge < -0.3 is 0 Å². The van der Waals surface area contributed by atoms with Gasteiger partial charge in [-0.25, -0.2) is 4.98 Å². The number of benzene rings is 2. The van der Waals surface area contributed by atoms with Crippen LogP contribution in [0.1, 0.15) is 16.0 Å². The Labute approximate surface area is 139 Å². The molecule has 0 aliphatic rings. The van der Waals surface area contributed by atoms with Gasteiger partial charge in [0, 0.05) is 15.4 Å². The molecule has 20 heavy (non-hydrogen) atoms. The Balaban J connectivity index is 2.13. The summed E-state index contributed by atoms with van der Waals surface area (Å²) >= 11 is 13.5. The van der Waals surface area contributed by atoms with Crippen LogP contribution in [-0.4, -0.2) is 4.98 Å². The fourth-order valence-corrected chi connectivity index (χ4v) is 3.54. The first kappa shape index (κ1) is 14.1. The van der Waals surface area contributed by atoms with Gasteiger partial charge in [0.15, 0.2) is 0 Å². The number of halogens is 3. The van der Waals surface area contributed by atoms with Crippen molar-refractivity contribution in [2.75, 3.05) is 0 Å². The van der Waals surface area contributed by atoms with E-state index in [4.69, 9.17) is 11.6 Å². The van der Waals surface area contributed by atoms with Gasteiger partial charge in [-0.15, -0.1) is 0 Å². The standard InChI is InChI=1S/C16H10Br2ClN/c17-12-6-7-14-11(8-12)9-13(16(19)20-14)15(18)10-4-2-1-3-5-10/h1-9,15H. The van der Waals surface area contributed by atoms with Crippen LogP contribution in [0.2, 0.25) is 5.15 Å². The van der Waals surface area contributed by atoms with Gasteiger partial charge in [-0.2, -0.15) is 0 Å². The Bertz CT molecular complexity index is 759. The van der Waals surface area contributed by atoms with E-state index in [0.29, 0.717) is 5.15 Å². The number of pyridine rings is 1. The minimum atomic E-state index is 0.0343. The fourth-order valence-electron chi connectivity index (χ4n) is 2.12. The van der Waals surface area contributed by atoms with Crippen molar-refractivity contribution in [2.45, 2.75) is 4.83 Å². The number of rotatable bonds is 2. The molecule has 100 valence electrons. The summed E-state index contributed by atoms with van der Waals surface area (Å²) in [5.41, 5.74) is 3.03. The molecule has 3 aromatic rings. The summed E-state index contributed by atoms with van der Waals surface area (Å²) in [5, 5.41) is 1.60. The second-order valence-electron chi connectivity index (χ2n) is 4.48. The monoisotopic (exact) mass is 409 g/mol. The maximum Gasteiger partial charge on any atom is 0.134 e. The van der Waals surface area contributed by atoms with E-state index < -0.39 is 0 Å². The Kier molecular flexibility index (Phi) is 4.11. The van der Waals surface area contributed by atoms with Crippen LogP contribution >= 0.6 is 43.5 Å². The first-order valence-corrected chi connectivity index (χ1v) is 8.18. The smallest absolute Gasteiger partial charge is 0.134 e. The summed E-state index contributed by atoms with van der Waals surface area (Å²) < 4.78 is 1.03. The molecule has 0 spiro atoms. The number of hydrogen-bond donors (Lipinski definition) is 0. The van der Waals surface area contributed by atoms with Gasteiger partial charge in [-0.05, 0) is 29.8 Å². The molecule has 0 N–H and O–H groups in total. The summed E-state index contributed by atoms with van der Waals surface area (Å²) in [4.78, 5) is 4.51. The lowest BCUT2D eigenvalue weighted by Crippen LogP contribution is -1.96. The average molecular weight is 412 g/mol. The SMILES string of the molecule is Clc1nc2ccc(Br)cc2cc1C(Br)c1ccccc1. The minimum Gasteiger partial charge on any atom is -0.236 e. The van der Waals surface area contributed by atoms with E-state index in [0.717, 1.165) is 26.5 Å². The predicted molar refractivity (Wildman–Crippen MR) is 91.7 cm³/mol. The van der Waals surface area contributed by atoms with Crippen LogP contribution in [-0.2, 0) is 0 Å². The summed E-state index contributed by atoms with van der Waals surface area (Å²) in [7, 11) is 0. The highest BCUT2D eigenvalue weighted by molar-refractivity contribution is 9.10. The number of fused-ring (bicyclic) bond motifs is 1. The second-order valence-corrected chi connectivity index (χ2v) is 6.67. The molecule has 1 nitrogen and oxygen atoms in total. The molecule has 0 fully saturated rings. The Morgan fingerprint density at radius 3 is 2.50 bits per heavy atom. The number of alkyl halides is 1. The second kappa shape index (κ2) is 5.84. The topological polar surface area (TPSA) is 12.9 Å². The average Bonchev–Trinajstić information content (AvgIpc) is 2.47. The summed E-state index contributed by atoms with van der Waals surface area (Å²) in [5.74, 6) is 0. The highest BCUT2D eigenvalue weighted by Gasteiger charge is 2.15. The van der Waals surface area contributed by atoms with Crippen molar-refractivity contribution in [2.24, 2.45) is 0 Å². The maximum atomic E-state index is 6.33. The quantitative estimate of drug-likeness (QED) is 0.365. The normalized spacial score (nSPS) is 12.6. The zero-order valence-electron chi connectivity index (χ0n) is 10.4. The molecule has 1 aromatic heterocycles. The van der Waals surface area contributed by atoms with Gasteiger partial charge in [0.2, 0.25) is 0 Å². The molecule has 0 amide bonds. The van der Waals surface area contributed by atoms with Crippen molar-refractivity contribution in [3.63, 3.8) is 0 Å². The molecule has 1 atom stereocenters. The zero-order chi connectivity index (χ0) is 14.1. The first-order valence-electron chi connectivity index (χ1n) is 6.10. The number of hydrogen-bond acceptors (Lipinski definition) is 1. The van der Waals surface area contributed by atoms with Crippen molar-refractivity contribution >= 4 is 54.4 Å². The van der Waals surface area contributed by atoms with E-state index >= 15 is 0 Å². The van der Waals surface area contributed by atoms with E-state index in [-0.39, 0.29) is 4.83 Å². The zero-order valence-corrected chi connectivity index (χ0v) is 14.3. The lowest BCUT2D eigenvalue weighted by atomic mass is 10.0. The van der Waals surface area contributed by atoms with Crippen molar-refractivity contribution in [3.8, 4) is 0 Å². The predicted octanol–water partition coefficient (Wildman–Crippen LogP) is 6.14. The lowest BCUT2D eigenvalue weighted by Gasteiger charge is -2.13. The molecule has 0 bridgehead atoms. The Morgan fingerprint density at radius 1 is 1.00 bits per heavy atom. The molecule has 2 aromatic carbocycles. The molecule has 0 aliphatic carbocycles. The van der Waals surface area contributed by atoms with E-state index in [1.54, 1.807) is 0 Å². The van der Waals surface area contributed by atoms with Gasteiger partial charge in [0.1, 0.15) is 5.15 Å². The Hall–Kier alpha value is -0.900. The fraction of sp³-hybridized carbons (Fsp3) is 0.0625. The molecule has 0 saturated heterocycles. The van der Waals surface area contributed by atoms with Crippen LogP contribution in [0.25, 0.3) is 10.9 Å². The van der Waals surface area contributed by atoms with Crippen LogP contribution in [0.15, 0.2) is 59.1 Å². The molecular weight excluding hydrogens is 401 g/mol. The summed E-state index contributed by atoms with van der Waals surface area (Å²) in [6, 6.07) is 18.2. The third-order valence-electron chi connectivity index (χ3n) is 3.12. The van der Waals surface area contributed by atoms with Crippen molar-refractivity contribution in [1.29, 1.82) is 0 Å². The molecule has 4 heteroatoms. The third-order valence-corrected chi connectivity index (χ3v) is 4.94. The van der Waals surface area contributed by atoms with Gasteiger partial charge >= 0.3 is 0 Å². The van der Waals surface area contributed by atoms with Gasteiger partial charge in [-0.1, -0.05) is 73.8 Å². The van der Waals surface area contributed by atoms with Gasteiger partial charge in [-0.3, -0.25) is 0 Å². The highest BCUT2D eigenvalue weighted by atomic mass is 79.9. The van der Waals surface area contributed by atoms with Crippen LogP contribution in [0.5, 0.6) is 0 Å². The number of nitrogens with zero attached hydrogens (tertiary/aromatic N) is 1. The minimum absolute atomic E-state index is 0.0343. The van der Waals surface area contributed by atoms with Crippen molar-refractivity contribution in [3.05, 3.63) is 75.4 Å². The van der Waals surface area contributed by atoms with Crippen molar-refractivity contribution in [1.82, 2.24) is 4.98 Å². The molecule has 1 heterocycles. The molecule has 0 radical (unpaired) electrons.